The number of nitrogens with one attached hydrogen (secondary N) is 14. The maximum atomic E-state index is 14.9. The van der Waals surface area contributed by atoms with Gasteiger partial charge < -0.3 is 147 Å². The number of nitrogens with two attached hydrogens (primary N) is 7. The molecule has 14 atom stereocenters. The normalized spacial score (nSPS) is 18.4. The molecule has 4 aliphatic rings. The first-order chi connectivity index (χ1) is 61.5. The van der Waals surface area contributed by atoms with Gasteiger partial charge >= 0.3 is 11.9 Å². The van der Waals surface area contributed by atoms with E-state index in [1.54, 1.807) is 42.8 Å². The second kappa shape index (κ2) is 51.4. The van der Waals surface area contributed by atoms with Crippen molar-refractivity contribution in [2.45, 2.75) is 187 Å². The molecule has 1 aromatic heterocycles. The Morgan fingerprint density at radius 1 is 0.594 bits per heavy atom. The van der Waals surface area contributed by atoms with Crippen LogP contribution < -0.4 is 122 Å². The van der Waals surface area contributed by atoms with Gasteiger partial charge in [0.15, 0.2) is 34.9 Å². The predicted octanol–water partition coefficient (Wildman–Crippen LogP) is -2.78. The molecule has 128 heavy (non-hydrogen) atoms. The summed E-state index contributed by atoms with van der Waals surface area (Å²) in [5.74, 6) is -10.7. The van der Waals surface area contributed by atoms with E-state index >= 15 is 0 Å². The molecule has 2 fully saturated rings. The van der Waals surface area contributed by atoms with Gasteiger partial charge in [-0.1, -0.05) is 18.2 Å². The predicted molar refractivity (Wildman–Crippen MR) is 474 cm³/mol. The minimum atomic E-state index is -1.43. The number of hydrogen-bond acceptors (Lipinski definition) is 29. The Kier molecular flexibility index (Phi) is 40.8. The number of cyclic esters (lactones) is 1. The third-order valence-electron chi connectivity index (χ3n) is 22.2. The summed E-state index contributed by atoms with van der Waals surface area (Å²) >= 11 is 2.33. The van der Waals surface area contributed by atoms with E-state index in [-0.39, 0.29) is 141 Å². The number of thioether (sulfide) groups is 2. The van der Waals surface area contributed by atoms with E-state index in [0.29, 0.717) is 102 Å². The minimum Gasteiger partial charge on any atom is -0.493 e. The van der Waals surface area contributed by atoms with Crippen LogP contribution in [-0.2, 0) is 78.2 Å². The lowest BCUT2D eigenvalue weighted by molar-refractivity contribution is -0.154. The molecule has 0 saturated carbocycles. The number of carbonyl (C=O) groups excluding carboxylic acids is 13. The summed E-state index contributed by atoms with van der Waals surface area (Å²) in [7, 11) is 4.40. The molecule has 4 heterocycles. The number of methoxy groups -OCH3 is 3. The molecule has 43 nitrogen and oxygen atoms in total. The Morgan fingerprint density at radius 3 is 1.65 bits per heavy atom. The van der Waals surface area contributed by atoms with Crippen molar-refractivity contribution in [2.75, 3.05) is 105 Å². The largest absolute Gasteiger partial charge is 0.493 e. The number of unbranched alkanes of at least 4 members (excludes halogenated alkanes) is 3. The molecule has 45 heteroatoms. The lowest BCUT2D eigenvalue weighted by atomic mass is 9.66. The van der Waals surface area contributed by atoms with E-state index in [2.05, 4.69) is 63.5 Å². The number of ether oxygens (including phenoxy) is 7. The molecule has 3 aliphatic heterocycles. The molecule has 0 bridgehead atoms. The SMILES string of the molecule is COc1cc(C2c3cc4c(cc3[C@H](OC(=O)CNC(=O)CCN3C(=O)C(SC[C@H](N)C(=O)NCCC(=O)N[C@@H](CCCNC(=N)N)C(=O)N[C@@H](CCCNC(=N)N)C(=O)N[C@@H](CCSC)C(=O)N[C@@H](CCCCN)C(=O)N[C@@H](Cc5c[nH]c6ccccc56)C(=O)N[C@@H](CCCCN)C(=O)N[C@@H](CCCCN)C(N)=O)CC3O)[C@H]3COC(=O)[C@H]23)OCO4)cc(OC)c1OC. The van der Waals surface area contributed by atoms with Gasteiger partial charge in [-0.25, -0.2) is 0 Å². The highest BCUT2D eigenvalue weighted by atomic mass is 32.2. The number of amides is 11. The standard InChI is InChI=1S/C83H124N22O21S2/c1-120-61-34-44(35-62(121-2)71(61)122-3)68-47-36-59-60(125-43-124-59)37-48(47)70(49-41-123-81(119)69(49)68)126-67(109)40-97-64(106)23-31-105-66(108)38-63(80(105)118)128-42-50(87)73(111)93-30-22-65(107)98-53(20-13-28-94-82(89)90)74(112)101-56(21-14-29-95-83(91)92)76(114)103-57(24-32-127-4)78(116)100-55(19-9-12-27-86)77(115)104-58(33-45-39-96-51-16-6-5-15-46(45)51)79(117)102-54(18-8-11-26-85)75(113)99-52(72(88)110)17-7-10-25-84/h5-6,15-16,34-37,39,49-50,52-58,63,66,68-70,96,108H,7-14,17-33,38,40-43,84-87H2,1-4H3,(H2,88,110)(H,93,111)(H,97,106)(H,98,107)(H,99,113)(H,100,116)(H,101,112)(H,102,117)(H,103,114)(H,104,115)(H4,89,90,94)(H4,91,92,95)/t49-,50-,52-,53-,54-,55-,56-,57-,58-,63?,66?,68?,69-,70-/m0/s1. The van der Waals surface area contributed by atoms with Crippen LogP contribution in [0.3, 0.4) is 0 Å². The molecule has 11 amide bonds. The lowest BCUT2D eigenvalue weighted by Crippen LogP contribution is -2.60. The number of rotatable bonds is 56. The summed E-state index contributed by atoms with van der Waals surface area (Å²) in [5, 5.41) is 55.8. The highest BCUT2D eigenvalue weighted by Crippen LogP contribution is 2.57. The number of aliphatic hydroxyl groups is 1. The fraction of sp³-hybridized carbons (Fsp3) is 0.578. The second-order valence-corrected chi connectivity index (χ2v) is 33.5. The zero-order valence-corrected chi connectivity index (χ0v) is 74.0. The first-order valence-electron chi connectivity index (χ1n) is 42.7. The minimum absolute atomic E-state index is 0.000472. The van der Waals surface area contributed by atoms with Crippen LogP contribution in [0.15, 0.2) is 54.7 Å². The highest BCUT2D eigenvalue weighted by Gasteiger charge is 2.55. The number of guanidine groups is 2. The maximum absolute atomic E-state index is 14.9. The summed E-state index contributed by atoms with van der Waals surface area (Å²) < 4.78 is 40.1. The van der Waals surface area contributed by atoms with E-state index in [1.807, 2.05) is 18.2 Å². The van der Waals surface area contributed by atoms with Gasteiger partial charge in [0.1, 0.15) is 61.2 Å². The second-order valence-electron chi connectivity index (χ2n) is 31.3. The number of likely N-dealkylation sites (tertiary alicyclic amines) is 1. The zero-order chi connectivity index (χ0) is 93.1. The van der Waals surface area contributed by atoms with Crippen molar-refractivity contribution < 1.29 is 101 Å². The van der Waals surface area contributed by atoms with Crippen molar-refractivity contribution in [3.63, 3.8) is 0 Å². The third-order valence-corrected chi connectivity index (χ3v) is 24.2. The van der Waals surface area contributed by atoms with E-state index in [9.17, 15) is 67.4 Å². The number of H-pyrrole nitrogens is 1. The van der Waals surface area contributed by atoms with Gasteiger partial charge in [0.05, 0.1) is 45.1 Å². The Hall–Kier alpha value is -11.6. The number of fused-ring (bicyclic) bond motifs is 4. The first-order valence-corrected chi connectivity index (χ1v) is 45.1. The van der Waals surface area contributed by atoms with Crippen LogP contribution in [-0.4, -0.2) is 268 Å². The van der Waals surface area contributed by atoms with Crippen LogP contribution >= 0.6 is 23.5 Å². The fourth-order valence-corrected chi connectivity index (χ4v) is 17.2. The molecule has 8 rings (SSSR count). The van der Waals surface area contributed by atoms with E-state index in [0.717, 1.165) is 27.6 Å². The van der Waals surface area contributed by atoms with Gasteiger partial charge in [-0.15, -0.1) is 11.8 Å². The zero-order valence-electron chi connectivity index (χ0n) is 72.4. The van der Waals surface area contributed by atoms with Crippen molar-refractivity contribution in [1.29, 1.82) is 10.8 Å². The molecular weight excluding hydrogens is 1710 g/mol. The molecule has 3 aromatic carbocycles. The van der Waals surface area contributed by atoms with Crippen molar-refractivity contribution in [3.8, 4) is 28.7 Å². The van der Waals surface area contributed by atoms with Gasteiger partial charge in [0, 0.05) is 92.1 Å². The number of nitrogens with zero attached hydrogens (tertiary/aromatic N) is 1. The monoisotopic (exact) mass is 1830 g/mol. The van der Waals surface area contributed by atoms with Crippen LogP contribution in [0.4, 0.5) is 0 Å². The summed E-state index contributed by atoms with van der Waals surface area (Å²) in [6.07, 6.45) is 3.10. The molecule has 0 spiro atoms. The number of aromatic nitrogens is 1. The van der Waals surface area contributed by atoms with Crippen molar-refractivity contribution in [1.82, 2.24) is 68.4 Å². The number of carbonyl (C=O) groups is 13. The van der Waals surface area contributed by atoms with Crippen LogP contribution in [0.1, 0.15) is 143 Å². The Labute approximate surface area is 749 Å². The first kappa shape index (κ1) is 102. The summed E-state index contributed by atoms with van der Waals surface area (Å²) in [6.45, 7) is -0.373. The van der Waals surface area contributed by atoms with E-state index < -0.39 is 174 Å². The van der Waals surface area contributed by atoms with Crippen LogP contribution in [0.2, 0.25) is 0 Å². The third kappa shape index (κ3) is 29.5. The smallest absolute Gasteiger partial charge is 0.326 e. The van der Waals surface area contributed by atoms with Gasteiger partial charge in [0.2, 0.25) is 77.5 Å². The maximum Gasteiger partial charge on any atom is 0.326 e. The summed E-state index contributed by atoms with van der Waals surface area (Å²) in [6, 6.07) is 3.69. The van der Waals surface area contributed by atoms with E-state index in [4.69, 9.17) is 84.1 Å². The molecule has 3 unspecified atom stereocenters. The number of esters is 2. The molecule has 1 aliphatic carbocycles. The number of aliphatic hydroxyl groups excluding tert-OH is 1. The molecule has 2 saturated heterocycles. The topological polar surface area (TPSA) is 688 Å². The number of primary amides is 1. The Bertz CT molecular complexity index is 4500. The number of benzene rings is 3. The Morgan fingerprint density at radius 2 is 1.11 bits per heavy atom. The molecule has 0 radical (unpaired) electrons. The van der Waals surface area contributed by atoms with Crippen molar-refractivity contribution in [3.05, 3.63) is 77.0 Å². The van der Waals surface area contributed by atoms with E-state index in [1.165, 1.54) is 33.1 Å². The molecule has 704 valence electrons. The van der Waals surface area contributed by atoms with Gasteiger partial charge in [0.25, 0.3) is 0 Å². The molecule has 4 aromatic rings. The lowest BCUT2D eigenvalue weighted by Gasteiger charge is -2.38. The molecule has 29 N–H and O–H groups in total. The quantitative estimate of drug-likeness (QED) is 0.00920. The molecular formula is C83H124N22O21S2. The van der Waals surface area contributed by atoms with Crippen LogP contribution in [0.25, 0.3) is 10.9 Å². The van der Waals surface area contributed by atoms with Crippen LogP contribution in [0, 0.1) is 22.7 Å². The van der Waals surface area contributed by atoms with Gasteiger partial charge in [-0.05, 0) is 169 Å². The summed E-state index contributed by atoms with van der Waals surface area (Å²) in [4.78, 5) is 186. The van der Waals surface area contributed by atoms with Crippen LogP contribution in [0.5, 0.6) is 28.7 Å². The van der Waals surface area contributed by atoms with Crippen molar-refractivity contribution >= 4 is 123 Å². The average molecular weight is 1830 g/mol. The number of para-hydroxylation sites is 1. The highest BCUT2D eigenvalue weighted by molar-refractivity contribution is 8.00. The van der Waals surface area contributed by atoms with Gasteiger partial charge in [-0.2, -0.15) is 11.8 Å². The Balaban J connectivity index is 0.857. The summed E-state index contributed by atoms with van der Waals surface area (Å²) in [5.41, 5.74) is 43.6. The van der Waals surface area contributed by atoms with Gasteiger partial charge in [-0.3, -0.25) is 73.1 Å². The van der Waals surface area contributed by atoms with Crippen molar-refractivity contribution in [2.24, 2.45) is 52.0 Å². The average Bonchev–Trinajstić information content (AvgIpc) is 1.46. The number of aromatic amines is 1. The fourth-order valence-electron chi connectivity index (χ4n) is 15.5. The number of hydrogen-bond donors (Lipinski definition) is 22.